The molecule has 0 unspecified atom stereocenters. The van der Waals surface area contributed by atoms with E-state index in [1.807, 2.05) is 35.2 Å². The van der Waals surface area contributed by atoms with Crippen molar-refractivity contribution in [1.82, 2.24) is 9.80 Å². The third-order valence-electron chi connectivity index (χ3n) is 5.45. The van der Waals surface area contributed by atoms with Gasteiger partial charge in [0.25, 0.3) is 5.91 Å². The Balaban J connectivity index is 1.78. The quantitative estimate of drug-likeness (QED) is 0.927. The summed E-state index contributed by atoms with van der Waals surface area (Å²) in [5.74, 6) is 0.513. The van der Waals surface area contributed by atoms with E-state index in [4.69, 9.17) is 0 Å². The lowest BCUT2D eigenvalue weighted by Crippen LogP contribution is -2.52. The van der Waals surface area contributed by atoms with Crippen molar-refractivity contribution in [3.05, 3.63) is 35.9 Å². The van der Waals surface area contributed by atoms with Crippen LogP contribution in [-0.2, 0) is 0 Å². The molecule has 1 aromatic rings. The van der Waals surface area contributed by atoms with Gasteiger partial charge in [-0.25, -0.2) is 0 Å². The fourth-order valence-corrected chi connectivity index (χ4v) is 4.00. The van der Waals surface area contributed by atoms with E-state index in [1.165, 1.54) is 0 Å². The second kappa shape index (κ2) is 6.01. The average molecular weight is 302 g/mol. The van der Waals surface area contributed by atoms with Gasteiger partial charge < -0.3 is 14.9 Å². The summed E-state index contributed by atoms with van der Waals surface area (Å²) in [6, 6.07) is 9.96. The van der Waals surface area contributed by atoms with E-state index >= 15 is 0 Å². The molecule has 0 spiro atoms. The topological polar surface area (TPSA) is 43.8 Å². The number of carbonyl (C=O) groups is 1. The summed E-state index contributed by atoms with van der Waals surface area (Å²) in [6.45, 7) is 7.98. The molecule has 0 radical (unpaired) electrons. The SMILES string of the molecule is CC(C)N1CC[C@@H]2CN(C(=O)c3ccccc3)C[C@]2(CO)C1. The Morgan fingerprint density at radius 2 is 2.05 bits per heavy atom. The lowest BCUT2D eigenvalue weighted by molar-refractivity contribution is -0.00103. The molecule has 2 fully saturated rings. The summed E-state index contributed by atoms with van der Waals surface area (Å²) in [5, 5.41) is 10.1. The summed E-state index contributed by atoms with van der Waals surface area (Å²) in [4.78, 5) is 17.1. The number of hydrogen-bond donors (Lipinski definition) is 1. The van der Waals surface area contributed by atoms with Gasteiger partial charge in [0.15, 0.2) is 0 Å². The molecule has 1 aromatic carbocycles. The van der Waals surface area contributed by atoms with Crippen LogP contribution in [0.4, 0.5) is 0 Å². The van der Waals surface area contributed by atoms with Gasteiger partial charge in [0.1, 0.15) is 0 Å². The number of aliphatic hydroxyl groups excluding tert-OH is 1. The number of fused-ring (bicyclic) bond motifs is 1. The molecule has 2 saturated heterocycles. The van der Waals surface area contributed by atoms with Crippen molar-refractivity contribution in [3.63, 3.8) is 0 Å². The second-order valence-electron chi connectivity index (χ2n) is 7.12. The highest BCUT2D eigenvalue weighted by Gasteiger charge is 2.50. The minimum atomic E-state index is -0.146. The number of nitrogens with zero attached hydrogens (tertiary/aromatic N) is 2. The van der Waals surface area contributed by atoms with Gasteiger partial charge in [-0.05, 0) is 44.9 Å². The standard InChI is InChI=1S/C18H26N2O2/c1-14(2)19-9-8-16-10-20(12-18(16,11-19)13-21)17(22)15-6-4-3-5-7-15/h3-7,14,16,21H,8-13H2,1-2H3/t16-,18+/m1/s1. The van der Waals surface area contributed by atoms with Crippen molar-refractivity contribution in [2.75, 3.05) is 32.8 Å². The third kappa shape index (κ3) is 2.66. The molecule has 2 atom stereocenters. The lowest BCUT2D eigenvalue weighted by atomic mass is 9.73. The highest BCUT2D eigenvalue weighted by molar-refractivity contribution is 5.94. The number of hydrogen-bond acceptors (Lipinski definition) is 3. The molecular weight excluding hydrogens is 276 g/mol. The molecule has 0 bridgehead atoms. The molecule has 4 heteroatoms. The fraction of sp³-hybridized carbons (Fsp3) is 0.611. The van der Waals surface area contributed by atoms with Crippen LogP contribution in [0.5, 0.6) is 0 Å². The van der Waals surface area contributed by atoms with Crippen LogP contribution in [0, 0.1) is 11.3 Å². The summed E-state index contributed by atoms with van der Waals surface area (Å²) >= 11 is 0. The molecule has 1 N–H and O–H groups in total. The Kier molecular flexibility index (Phi) is 4.24. The first-order valence-electron chi connectivity index (χ1n) is 8.25. The summed E-state index contributed by atoms with van der Waals surface area (Å²) in [5.41, 5.74) is 0.599. The van der Waals surface area contributed by atoms with E-state index in [9.17, 15) is 9.90 Å². The van der Waals surface area contributed by atoms with Crippen LogP contribution in [-0.4, -0.2) is 59.6 Å². The molecule has 0 aliphatic carbocycles. The molecule has 4 nitrogen and oxygen atoms in total. The van der Waals surface area contributed by atoms with E-state index < -0.39 is 0 Å². The first-order valence-corrected chi connectivity index (χ1v) is 8.25. The summed E-state index contributed by atoms with van der Waals surface area (Å²) < 4.78 is 0. The number of rotatable bonds is 3. The van der Waals surface area contributed by atoms with Crippen LogP contribution >= 0.6 is 0 Å². The van der Waals surface area contributed by atoms with Gasteiger partial charge >= 0.3 is 0 Å². The van der Waals surface area contributed by atoms with Crippen molar-refractivity contribution in [2.24, 2.45) is 11.3 Å². The number of likely N-dealkylation sites (tertiary alicyclic amines) is 2. The van der Waals surface area contributed by atoms with Gasteiger partial charge in [-0.3, -0.25) is 4.79 Å². The monoisotopic (exact) mass is 302 g/mol. The molecule has 1 amide bonds. The van der Waals surface area contributed by atoms with E-state index in [0.29, 0.717) is 18.5 Å². The van der Waals surface area contributed by atoms with Crippen LogP contribution in [0.15, 0.2) is 30.3 Å². The van der Waals surface area contributed by atoms with Gasteiger partial charge in [-0.1, -0.05) is 18.2 Å². The highest BCUT2D eigenvalue weighted by atomic mass is 16.3. The Morgan fingerprint density at radius 3 is 2.68 bits per heavy atom. The fourth-order valence-electron chi connectivity index (χ4n) is 4.00. The van der Waals surface area contributed by atoms with E-state index in [0.717, 1.165) is 31.6 Å². The average Bonchev–Trinajstić information content (AvgIpc) is 2.94. The van der Waals surface area contributed by atoms with Crippen molar-refractivity contribution >= 4 is 5.91 Å². The Labute approximate surface area is 132 Å². The molecule has 2 heterocycles. The Hall–Kier alpha value is -1.39. The highest BCUT2D eigenvalue weighted by Crippen LogP contribution is 2.42. The number of benzene rings is 1. The van der Waals surface area contributed by atoms with Crippen LogP contribution in [0.3, 0.4) is 0 Å². The second-order valence-corrected chi connectivity index (χ2v) is 7.12. The maximum Gasteiger partial charge on any atom is 0.253 e. The largest absolute Gasteiger partial charge is 0.396 e. The predicted molar refractivity (Wildman–Crippen MR) is 86.7 cm³/mol. The maximum atomic E-state index is 12.7. The smallest absolute Gasteiger partial charge is 0.253 e. The third-order valence-corrected chi connectivity index (χ3v) is 5.45. The van der Waals surface area contributed by atoms with Crippen LogP contribution in [0.1, 0.15) is 30.6 Å². The molecule has 22 heavy (non-hydrogen) atoms. The zero-order chi connectivity index (χ0) is 15.7. The van der Waals surface area contributed by atoms with Gasteiger partial charge in [0.2, 0.25) is 0 Å². The number of aliphatic hydroxyl groups is 1. The molecular formula is C18H26N2O2. The van der Waals surface area contributed by atoms with E-state index in [2.05, 4.69) is 18.7 Å². The molecule has 2 aliphatic heterocycles. The van der Waals surface area contributed by atoms with Gasteiger partial charge in [-0.15, -0.1) is 0 Å². The normalized spacial score (nSPS) is 28.9. The van der Waals surface area contributed by atoms with E-state index in [1.54, 1.807) is 0 Å². The van der Waals surface area contributed by atoms with Gasteiger partial charge in [-0.2, -0.15) is 0 Å². The van der Waals surface area contributed by atoms with Crippen molar-refractivity contribution in [2.45, 2.75) is 26.3 Å². The van der Waals surface area contributed by atoms with E-state index in [-0.39, 0.29) is 17.9 Å². The van der Waals surface area contributed by atoms with Gasteiger partial charge in [0.05, 0.1) is 6.61 Å². The Bertz CT molecular complexity index is 531. The van der Waals surface area contributed by atoms with Crippen LogP contribution < -0.4 is 0 Å². The van der Waals surface area contributed by atoms with Crippen molar-refractivity contribution in [1.29, 1.82) is 0 Å². The number of amides is 1. The minimum Gasteiger partial charge on any atom is -0.396 e. The molecule has 3 rings (SSSR count). The summed E-state index contributed by atoms with van der Waals surface area (Å²) in [6.07, 6.45) is 1.07. The summed E-state index contributed by atoms with van der Waals surface area (Å²) in [7, 11) is 0. The molecule has 120 valence electrons. The van der Waals surface area contributed by atoms with Crippen LogP contribution in [0.2, 0.25) is 0 Å². The minimum absolute atomic E-state index is 0.0962. The van der Waals surface area contributed by atoms with Crippen molar-refractivity contribution < 1.29 is 9.90 Å². The molecule has 0 saturated carbocycles. The first-order chi connectivity index (χ1) is 10.6. The van der Waals surface area contributed by atoms with Gasteiger partial charge in [0, 0.05) is 36.7 Å². The lowest BCUT2D eigenvalue weighted by Gasteiger charge is -2.44. The zero-order valence-electron chi connectivity index (χ0n) is 13.5. The van der Waals surface area contributed by atoms with Crippen LogP contribution in [0.25, 0.3) is 0 Å². The maximum absolute atomic E-state index is 12.7. The first kappa shape index (κ1) is 15.5. The molecule has 0 aromatic heterocycles. The van der Waals surface area contributed by atoms with Crippen molar-refractivity contribution in [3.8, 4) is 0 Å². The number of piperidine rings is 1. The number of carbonyl (C=O) groups excluding carboxylic acids is 1. The molecule has 2 aliphatic rings. The predicted octanol–water partition coefficient (Wildman–Crippen LogP) is 1.85. The zero-order valence-corrected chi connectivity index (χ0v) is 13.5. The Morgan fingerprint density at radius 1 is 1.32 bits per heavy atom.